The molecule has 10 rings (SSSR count). The molecule has 0 aromatic heterocycles. The first-order valence-electron chi connectivity index (χ1n) is 42.1. The van der Waals surface area contributed by atoms with E-state index in [0.29, 0.717) is 74.0 Å². The summed E-state index contributed by atoms with van der Waals surface area (Å²) >= 11 is 0. The van der Waals surface area contributed by atoms with E-state index in [1.165, 1.54) is 28.0 Å². The van der Waals surface area contributed by atoms with Crippen molar-refractivity contribution in [2.24, 2.45) is 34.3 Å². The summed E-state index contributed by atoms with van der Waals surface area (Å²) in [6, 6.07) is 30.7. The Labute approximate surface area is 703 Å². The summed E-state index contributed by atoms with van der Waals surface area (Å²) in [4.78, 5) is 140. The Hall–Kier alpha value is -10.5. The van der Waals surface area contributed by atoms with Gasteiger partial charge in [-0.05, 0) is 181 Å². The lowest BCUT2D eigenvalue weighted by molar-refractivity contribution is -0.150. The number of nitrogens with two attached hydrogens (primary N) is 2. The number of anilines is 3. The first-order chi connectivity index (χ1) is 57.6. The molecule has 8 atom stereocenters. The number of hydrogen-bond donors (Lipinski definition) is 9. The van der Waals surface area contributed by atoms with Crippen molar-refractivity contribution in [3.8, 4) is 17.6 Å². The number of primary amides is 1. The number of rotatable bonds is 41. The quantitative estimate of drug-likeness (QED) is 0.00762. The zero-order chi connectivity index (χ0) is 86.0. The topological polar surface area (TPSA) is 389 Å². The van der Waals surface area contributed by atoms with Crippen molar-refractivity contribution in [2.45, 2.75) is 174 Å². The largest absolute Gasteiger partial charge is 0.445 e. The van der Waals surface area contributed by atoms with Crippen LogP contribution < -0.4 is 53.0 Å². The number of imide groups is 1. The van der Waals surface area contributed by atoms with E-state index in [1.807, 2.05) is 73.7 Å². The number of aryl methyl sites for hydroxylation is 2. The van der Waals surface area contributed by atoms with Crippen LogP contribution in [0.15, 0.2) is 109 Å². The molecule has 120 heavy (non-hydrogen) atoms. The second kappa shape index (κ2) is 43.7. The molecule has 29 heteroatoms. The number of amides is 11. The van der Waals surface area contributed by atoms with E-state index in [4.69, 9.17) is 44.6 Å². The summed E-state index contributed by atoms with van der Waals surface area (Å²) in [5.74, 6) is 3.72. The minimum atomic E-state index is -1.11. The first-order valence-corrected chi connectivity index (χ1v) is 42.1. The molecule has 11 N–H and O–H groups in total. The molecule has 5 aromatic carbocycles. The van der Waals surface area contributed by atoms with Crippen molar-refractivity contribution in [3.05, 3.63) is 154 Å². The SMILES string of the molecule is CC(C)[C@H](NC(=O)CCOCCOCCOCCOCCNC(=O)CCC(=O)N1Cc2ccccc2C#Cc2ccccc21)C(=O)N[C@@H](CCCNC(N)=O)C(=O)Nc1ccc(COC(=O)N(C)CCN(CCOCCO)C(=O)Oc2ccc3c(c2)[C@@]2(C)CCC[C@](C)(C(=O)NC(=O)[C@@]4(C)CCC[C@]5(C)c6cc(N)ccc6CC[C@@H]45)[C@@H]2CC3)cc1. The zero-order valence-electron chi connectivity index (χ0n) is 70.5. The molecule has 0 bridgehead atoms. The number of urea groups is 1. The summed E-state index contributed by atoms with van der Waals surface area (Å²) in [6.07, 6.45) is 6.78. The third-order valence-electron chi connectivity index (χ3n) is 24.5. The minimum Gasteiger partial charge on any atom is -0.445 e. The van der Waals surface area contributed by atoms with Gasteiger partial charge in [-0.1, -0.05) is 121 Å². The lowest BCUT2D eigenvalue weighted by Crippen LogP contribution is -2.60. The number of nitrogens with one attached hydrogen (secondary N) is 6. The summed E-state index contributed by atoms with van der Waals surface area (Å²) in [6.45, 7) is 14.6. The van der Waals surface area contributed by atoms with E-state index in [2.05, 4.69) is 76.6 Å². The van der Waals surface area contributed by atoms with Crippen LogP contribution in [0.1, 0.15) is 170 Å². The van der Waals surface area contributed by atoms with Gasteiger partial charge in [0.2, 0.25) is 41.4 Å². The highest BCUT2D eigenvalue weighted by molar-refractivity contribution is 6.01. The third-order valence-corrected chi connectivity index (χ3v) is 24.5. The first kappa shape index (κ1) is 91.8. The fraction of sp³-hybridized carbons (Fsp3) is 0.538. The van der Waals surface area contributed by atoms with Gasteiger partial charge in [0.15, 0.2) is 0 Å². The molecule has 4 aliphatic carbocycles. The maximum Gasteiger partial charge on any atom is 0.415 e. The summed E-state index contributed by atoms with van der Waals surface area (Å²) in [7, 11) is 1.53. The number of nitrogen functional groups attached to an aromatic ring is 1. The number of carbonyl (C=O) groups excluding carboxylic acids is 10. The Kier molecular flexibility index (Phi) is 33.4. The maximum atomic E-state index is 14.9. The van der Waals surface area contributed by atoms with Crippen LogP contribution in [-0.2, 0) is 98.8 Å². The maximum absolute atomic E-state index is 14.9. The van der Waals surface area contributed by atoms with Crippen LogP contribution in [0.2, 0.25) is 0 Å². The smallest absolute Gasteiger partial charge is 0.415 e. The monoisotopic (exact) mass is 1660 g/mol. The van der Waals surface area contributed by atoms with Crippen LogP contribution >= 0.6 is 0 Å². The van der Waals surface area contributed by atoms with Crippen LogP contribution in [0, 0.1) is 40.4 Å². The summed E-state index contributed by atoms with van der Waals surface area (Å²) in [5.41, 5.74) is 18.8. The molecule has 0 radical (unpaired) electrons. The average molecular weight is 1660 g/mol. The molecule has 1 heterocycles. The van der Waals surface area contributed by atoms with Crippen LogP contribution in [0.25, 0.3) is 0 Å². The van der Waals surface area contributed by atoms with Gasteiger partial charge in [0.05, 0.1) is 95.7 Å². The molecule has 5 aromatic rings. The van der Waals surface area contributed by atoms with Gasteiger partial charge in [0.1, 0.15) is 24.4 Å². The number of hydrogen-bond acceptors (Lipinski definition) is 19. The van der Waals surface area contributed by atoms with Crippen LogP contribution in [0.4, 0.5) is 31.4 Å². The number of benzene rings is 5. The molecule has 29 nitrogen and oxygen atoms in total. The van der Waals surface area contributed by atoms with E-state index in [0.717, 1.165) is 72.8 Å². The van der Waals surface area contributed by atoms with Gasteiger partial charge in [-0.2, -0.15) is 0 Å². The molecule has 648 valence electrons. The number of nitrogens with zero attached hydrogens (tertiary/aromatic N) is 3. The molecule has 5 aliphatic rings. The van der Waals surface area contributed by atoms with Crippen molar-refractivity contribution >= 4 is 76.6 Å². The fourth-order valence-corrected chi connectivity index (χ4v) is 17.9. The molecule has 11 amide bonds. The van der Waals surface area contributed by atoms with Crippen molar-refractivity contribution < 1.29 is 86.2 Å². The van der Waals surface area contributed by atoms with Gasteiger partial charge in [-0.25, -0.2) is 14.4 Å². The number of aliphatic hydroxyl groups excluding tert-OH is 1. The number of likely N-dealkylation sites (N-methyl/N-ethyl adjacent to an activating group) is 1. The van der Waals surface area contributed by atoms with Crippen LogP contribution in [0.5, 0.6) is 5.75 Å². The van der Waals surface area contributed by atoms with Crippen molar-refractivity contribution in [1.29, 1.82) is 0 Å². The Balaban J connectivity index is 0.612. The predicted molar refractivity (Wildman–Crippen MR) is 452 cm³/mol. The molecule has 0 unspecified atom stereocenters. The van der Waals surface area contributed by atoms with E-state index < -0.39 is 70.2 Å². The second-order valence-corrected chi connectivity index (χ2v) is 33.2. The Bertz CT molecular complexity index is 4480. The number of aliphatic hydroxyl groups is 1. The van der Waals surface area contributed by atoms with Crippen LogP contribution in [-0.4, -0.2) is 199 Å². The molecule has 2 fully saturated rings. The molecule has 1 aliphatic heterocycles. The predicted octanol–water partition coefficient (Wildman–Crippen LogP) is 9.02. The van der Waals surface area contributed by atoms with Gasteiger partial charge >= 0.3 is 18.2 Å². The van der Waals surface area contributed by atoms with Crippen molar-refractivity contribution in [3.63, 3.8) is 0 Å². The van der Waals surface area contributed by atoms with Crippen LogP contribution in [0.3, 0.4) is 0 Å². The zero-order valence-corrected chi connectivity index (χ0v) is 70.5. The second-order valence-electron chi connectivity index (χ2n) is 33.2. The van der Waals surface area contributed by atoms with E-state index in [9.17, 15) is 53.1 Å². The number of fused-ring (bicyclic) bond motifs is 8. The van der Waals surface area contributed by atoms with Gasteiger partial charge in [-0.15, -0.1) is 0 Å². The molecule has 0 saturated heterocycles. The highest BCUT2D eigenvalue weighted by Crippen LogP contribution is 2.60. The average Bonchev–Trinajstić information content (AvgIpc) is 0.721. The van der Waals surface area contributed by atoms with E-state index >= 15 is 0 Å². The highest BCUT2D eigenvalue weighted by atomic mass is 16.6. The fourth-order valence-electron chi connectivity index (χ4n) is 17.9. The summed E-state index contributed by atoms with van der Waals surface area (Å²) in [5, 5.41) is 26.1. The number of para-hydroxylation sites is 1. The third kappa shape index (κ3) is 24.2. The van der Waals surface area contributed by atoms with Gasteiger partial charge < -0.3 is 91.0 Å². The Morgan fingerprint density at radius 1 is 0.592 bits per heavy atom. The Morgan fingerprint density at radius 2 is 1.19 bits per heavy atom. The molecular weight excluding hydrogens is 1540 g/mol. The number of ether oxygens (including phenoxy) is 7. The Morgan fingerprint density at radius 3 is 1.84 bits per heavy atom. The van der Waals surface area contributed by atoms with Crippen molar-refractivity contribution in [2.75, 3.05) is 128 Å². The van der Waals surface area contributed by atoms with E-state index in [-0.39, 0.29) is 165 Å². The van der Waals surface area contributed by atoms with Gasteiger partial charge in [-0.3, -0.25) is 38.9 Å². The standard InChI is InChI=1S/C91H121N11O18/c1-61(2)80(98-78(105)36-47-114-51-53-117-55-56-118-54-52-115-48-42-94-77(104)34-35-79(106)102-59-67-17-9-8-15-63(67)22-23-66-16-10-11-19-74(66)102)82(108)97-73(18-12-41-95-85(93)111)81(107)96-69-29-20-62(21-30-69)60-119-86(112)100(7)43-44-101(45-49-116-50-46-103)87(113)120-70-31-25-65-27-33-76-89(4,72(65)58-70)38-14-40-91(76,6)84(110)99-83(109)90(5)39-13-37-88(3)71-57-68(92)28-24-64(71)26-32-75(88)90/h8-11,15-17,19-21,24-25,28-31,57-58,61,73,75-76,80,103H,12-14,18,26-27,32-56,59-60,92H2,1-7H3,(H,94,104)(H,96,107)(H,97,108)(H,98,105)(H3,93,95,111)(H,99,109,110)/t73-,75+,76+,80-,88+,89+,90-,91-/m0/s1. The van der Waals surface area contributed by atoms with Gasteiger partial charge in [0.25, 0.3) is 0 Å². The highest BCUT2D eigenvalue weighted by Gasteiger charge is 2.59. The molecule has 0 spiro atoms. The molecular formula is C91H121N11O18. The lowest BCUT2D eigenvalue weighted by atomic mass is 9.49. The van der Waals surface area contributed by atoms with E-state index in [1.54, 1.807) is 49.1 Å². The molecule has 2 saturated carbocycles. The lowest BCUT2D eigenvalue weighted by Gasteiger charge is -2.56. The summed E-state index contributed by atoms with van der Waals surface area (Å²) < 4.78 is 39.7. The van der Waals surface area contributed by atoms with Crippen molar-refractivity contribution in [1.82, 2.24) is 36.4 Å². The normalized spacial score (nSPS) is 20.4. The number of carbonyl (C=O) groups is 10. The van der Waals surface area contributed by atoms with Gasteiger partial charge in [0, 0.05) is 81.5 Å². The minimum absolute atomic E-state index is 0.0239.